The van der Waals surface area contributed by atoms with Crippen LogP contribution >= 0.6 is 0 Å². The van der Waals surface area contributed by atoms with E-state index in [0.717, 1.165) is 23.3 Å². The van der Waals surface area contributed by atoms with Gasteiger partial charge in [-0.2, -0.15) is 5.10 Å². The zero-order valence-corrected chi connectivity index (χ0v) is 15.5. The lowest BCUT2D eigenvalue weighted by Gasteiger charge is -2.24. The van der Waals surface area contributed by atoms with Crippen molar-refractivity contribution in [2.75, 3.05) is 26.0 Å². The summed E-state index contributed by atoms with van der Waals surface area (Å²) in [6.45, 7) is 5.13. The second-order valence-corrected chi connectivity index (χ2v) is 6.77. The first-order valence-corrected chi connectivity index (χ1v) is 8.78. The molecular formula is C19H26N4O3. The van der Waals surface area contributed by atoms with Crippen molar-refractivity contribution in [2.45, 2.75) is 39.0 Å². The molecule has 1 aliphatic rings. The highest BCUT2D eigenvalue weighted by Gasteiger charge is 2.35. The number of hydrogen-bond acceptors (Lipinski definition) is 5. The molecule has 1 aliphatic heterocycles. The predicted molar refractivity (Wildman–Crippen MR) is 99.0 cm³/mol. The number of rotatable bonds is 6. The summed E-state index contributed by atoms with van der Waals surface area (Å²) in [5.74, 6) is 1.21. The van der Waals surface area contributed by atoms with Crippen LogP contribution in [0.4, 0.5) is 5.82 Å². The minimum absolute atomic E-state index is 0.00770. The smallest absolute Gasteiger partial charge is 0.260 e. The van der Waals surface area contributed by atoms with Crippen molar-refractivity contribution < 1.29 is 14.3 Å². The van der Waals surface area contributed by atoms with E-state index in [1.807, 2.05) is 43.1 Å². The molecule has 2 heterocycles. The Labute approximate surface area is 153 Å². The summed E-state index contributed by atoms with van der Waals surface area (Å²) in [6, 6.07) is 7.70. The molecule has 2 aromatic rings. The Hall–Kier alpha value is -2.54. The molecule has 0 radical (unpaired) electrons. The highest BCUT2D eigenvalue weighted by atomic mass is 16.5. The van der Waals surface area contributed by atoms with Gasteiger partial charge in [0.25, 0.3) is 5.91 Å². The molecule has 26 heavy (non-hydrogen) atoms. The Morgan fingerprint density at radius 3 is 2.65 bits per heavy atom. The number of carbonyl (C=O) groups excluding carboxylic acids is 1. The van der Waals surface area contributed by atoms with Crippen LogP contribution in [-0.4, -0.2) is 53.0 Å². The van der Waals surface area contributed by atoms with E-state index in [4.69, 9.17) is 15.2 Å². The normalized spacial score (nSPS) is 19.7. The van der Waals surface area contributed by atoms with Crippen molar-refractivity contribution in [3.63, 3.8) is 0 Å². The topological polar surface area (TPSA) is 82.6 Å². The van der Waals surface area contributed by atoms with Crippen LogP contribution in [0.15, 0.2) is 30.5 Å². The van der Waals surface area contributed by atoms with Crippen molar-refractivity contribution in [3.05, 3.63) is 41.6 Å². The molecule has 1 aromatic heterocycles. The van der Waals surface area contributed by atoms with Crippen molar-refractivity contribution in [1.82, 2.24) is 14.7 Å². The van der Waals surface area contributed by atoms with Crippen LogP contribution in [-0.2, 0) is 16.1 Å². The summed E-state index contributed by atoms with van der Waals surface area (Å²) in [6.07, 6.45) is 2.62. The molecule has 3 rings (SSSR count). The zero-order chi connectivity index (χ0) is 18.7. The van der Waals surface area contributed by atoms with Crippen molar-refractivity contribution in [1.29, 1.82) is 0 Å². The van der Waals surface area contributed by atoms with Crippen LogP contribution in [0.1, 0.15) is 17.5 Å². The Morgan fingerprint density at radius 2 is 2.04 bits per heavy atom. The van der Waals surface area contributed by atoms with Gasteiger partial charge in [-0.05, 0) is 37.5 Å². The Balaban J connectivity index is 1.67. The molecule has 0 bridgehead atoms. The van der Waals surface area contributed by atoms with E-state index in [0.29, 0.717) is 18.9 Å². The van der Waals surface area contributed by atoms with Crippen molar-refractivity contribution >= 4 is 11.7 Å². The fraction of sp³-hybridized carbons (Fsp3) is 0.474. The van der Waals surface area contributed by atoms with E-state index in [1.165, 1.54) is 0 Å². The first-order chi connectivity index (χ1) is 12.5. The Kier molecular flexibility index (Phi) is 5.46. The lowest BCUT2D eigenvalue weighted by Crippen LogP contribution is -2.41. The summed E-state index contributed by atoms with van der Waals surface area (Å²) in [5.41, 5.74) is 7.74. The largest absolute Gasteiger partial charge is 0.483 e. The summed E-state index contributed by atoms with van der Waals surface area (Å²) in [5, 5.41) is 4.22. The van der Waals surface area contributed by atoms with Gasteiger partial charge in [0.1, 0.15) is 11.6 Å². The molecule has 2 atom stereocenters. The van der Waals surface area contributed by atoms with E-state index < -0.39 is 0 Å². The molecule has 2 N–H and O–H groups in total. The maximum atomic E-state index is 12.8. The third-order valence-electron chi connectivity index (χ3n) is 4.84. The number of anilines is 1. The van der Waals surface area contributed by atoms with Gasteiger partial charge in [-0.15, -0.1) is 0 Å². The van der Waals surface area contributed by atoms with Gasteiger partial charge in [0.2, 0.25) is 0 Å². The minimum Gasteiger partial charge on any atom is -0.483 e. The Morgan fingerprint density at radius 1 is 1.31 bits per heavy atom. The molecule has 7 nitrogen and oxygen atoms in total. The number of amides is 1. The summed E-state index contributed by atoms with van der Waals surface area (Å²) >= 11 is 0. The third kappa shape index (κ3) is 3.99. The van der Waals surface area contributed by atoms with E-state index in [-0.39, 0.29) is 24.7 Å². The molecule has 1 aromatic carbocycles. The SMILES string of the molecule is CO[C@@H]1C[C@@H](Cn2ccc(N)n2)N(C(=O)COc2c(C)cccc2C)C1. The van der Waals surface area contributed by atoms with Gasteiger partial charge >= 0.3 is 0 Å². The van der Waals surface area contributed by atoms with E-state index in [2.05, 4.69) is 5.10 Å². The van der Waals surface area contributed by atoms with Gasteiger partial charge in [-0.1, -0.05) is 18.2 Å². The minimum atomic E-state index is -0.0441. The van der Waals surface area contributed by atoms with Crippen LogP contribution in [0.2, 0.25) is 0 Å². The number of aryl methyl sites for hydroxylation is 2. The summed E-state index contributed by atoms with van der Waals surface area (Å²) < 4.78 is 13.1. The van der Waals surface area contributed by atoms with Crippen LogP contribution < -0.4 is 10.5 Å². The molecule has 0 aliphatic carbocycles. The van der Waals surface area contributed by atoms with E-state index in [9.17, 15) is 4.79 Å². The van der Waals surface area contributed by atoms with Gasteiger partial charge in [0, 0.05) is 19.9 Å². The molecule has 1 saturated heterocycles. The van der Waals surface area contributed by atoms with Gasteiger partial charge in [-0.3, -0.25) is 9.48 Å². The molecular weight excluding hydrogens is 332 g/mol. The molecule has 140 valence electrons. The molecule has 1 amide bonds. The fourth-order valence-electron chi connectivity index (χ4n) is 3.46. The second-order valence-electron chi connectivity index (χ2n) is 6.77. The first-order valence-electron chi connectivity index (χ1n) is 8.78. The van der Waals surface area contributed by atoms with Gasteiger partial charge in [-0.25, -0.2) is 0 Å². The Bertz CT molecular complexity index is 754. The quantitative estimate of drug-likeness (QED) is 0.851. The fourth-order valence-corrected chi connectivity index (χ4v) is 3.46. The number of methoxy groups -OCH3 is 1. The number of likely N-dealkylation sites (tertiary alicyclic amines) is 1. The average Bonchev–Trinajstić information content (AvgIpc) is 3.20. The maximum absolute atomic E-state index is 12.8. The van der Waals surface area contributed by atoms with Crippen LogP contribution in [0.5, 0.6) is 5.75 Å². The lowest BCUT2D eigenvalue weighted by molar-refractivity contribution is -0.134. The maximum Gasteiger partial charge on any atom is 0.260 e. The average molecular weight is 358 g/mol. The highest BCUT2D eigenvalue weighted by molar-refractivity contribution is 5.78. The zero-order valence-electron chi connectivity index (χ0n) is 15.5. The van der Waals surface area contributed by atoms with Crippen molar-refractivity contribution in [2.24, 2.45) is 0 Å². The number of ether oxygens (including phenoxy) is 2. The number of carbonyl (C=O) groups is 1. The van der Waals surface area contributed by atoms with Crippen LogP contribution in [0, 0.1) is 13.8 Å². The van der Waals surface area contributed by atoms with Crippen molar-refractivity contribution in [3.8, 4) is 5.75 Å². The molecule has 0 saturated carbocycles. The monoisotopic (exact) mass is 358 g/mol. The van der Waals surface area contributed by atoms with E-state index >= 15 is 0 Å². The number of benzene rings is 1. The molecule has 0 spiro atoms. The predicted octanol–water partition coefficient (Wildman–Crippen LogP) is 1.78. The van der Waals surface area contributed by atoms with Gasteiger partial charge in [0.15, 0.2) is 6.61 Å². The lowest BCUT2D eigenvalue weighted by atomic mass is 10.1. The molecule has 7 heteroatoms. The highest BCUT2D eigenvalue weighted by Crippen LogP contribution is 2.24. The standard InChI is InChI=1S/C19H26N4O3/c1-13-5-4-6-14(2)19(13)26-12-18(24)23-11-16(25-3)9-15(23)10-22-8-7-17(20)21-22/h4-8,15-16H,9-12H2,1-3H3,(H2,20,21)/t15-,16+/m0/s1. The second kappa shape index (κ2) is 7.78. The number of nitrogens with zero attached hydrogens (tertiary/aromatic N) is 3. The number of nitrogen functional groups attached to an aromatic ring is 1. The van der Waals surface area contributed by atoms with Crippen LogP contribution in [0.25, 0.3) is 0 Å². The van der Waals surface area contributed by atoms with Gasteiger partial charge < -0.3 is 20.1 Å². The summed E-state index contributed by atoms with van der Waals surface area (Å²) in [4.78, 5) is 14.6. The molecule has 1 fully saturated rings. The summed E-state index contributed by atoms with van der Waals surface area (Å²) in [7, 11) is 1.68. The van der Waals surface area contributed by atoms with Gasteiger partial charge in [0.05, 0.1) is 18.7 Å². The number of hydrogen-bond donors (Lipinski definition) is 1. The van der Waals surface area contributed by atoms with Crippen LogP contribution in [0.3, 0.4) is 0 Å². The first kappa shape index (κ1) is 18.3. The number of para-hydroxylation sites is 1. The molecule has 0 unspecified atom stereocenters. The third-order valence-corrected chi connectivity index (χ3v) is 4.84. The number of nitrogens with two attached hydrogens (primary N) is 1. The van der Waals surface area contributed by atoms with E-state index in [1.54, 1.807) is 17.9 Å². The number of aromatic nitrogens is 2.